The van der Waals surface area contributed by atoms with Crippen LogP contribution in [-0.2, 0) is 10.1 Å². The second kappa shape index (κ2) is 4.55. The first kappa shape index (κ1) is 13.4. The average molecular weight is 283 g/mol. The van der Waals surface area contributed by atoms with Crippen molar-refractivity contribution >= 4 is 28.3 Å². The van der Waals surface area contributed by atoms with Crippen LogP contribution in [-0.4, -0.2) is 23.1 Å². The standard InChI is InChI=1S/C12H13NO3S2/c13-12(17)7-6-10(8-11(12)18(14,15)16)9-4-2-1-3-5-9/h1-8,11,17H,13H2,(H,14,15,16). The molecular formula is C12H13NO3S2. The van der Waals surface area contributed by atoms with Crippen molar-refractivity contribution < 1.29 is 13.0 Å². The number of hydrogen-bond donors (Lipinski definition) is 3. The summed E-state index contributed by atoms with van der Waals surface area (Å²) in [5, 5.41) is -1.27. The van der Waals surface area contributed by atoms with Gasteiger partial charge in [0.05, 0.1) is 0 Å². The van der Waals surface area contributed by atoms with Crippen LogP contribution in [0.3, 0.4) is 0 Å². The van der Waals surface area contributed by atoms with E-state index < -0.39 is 20.2 Å². The van der Waals surface area contributed by atoms with Crippen molar-refractivity contribution in [2.24, 2.45) is 5.73 Å². The summed E-state index contributed by atoms with van der Waals surface area (Å²) in [7, 11) is -4.30. The largest absolute Gasteiger partial charge is 0.312 e. The van der Waals surface area contributed by atoms with Crippen LogP contribution in [0.15, 0.2) is 48.6 Å². The number of hydrogen-bond acceptors (Lipinski definition) is 4. The van der Waals surface area contributed by atoms with Crippen molar-refractivity contribution in [1.82, 2.24) is 0 Å². The van der Waals surface area contributed by atoms with Gasteiger partial charge in [-0.2, -0.15) is 21.0 Å². The zero-order valence-electron chi connectivity index (χ0n) is 9.39. The molecule has 1 aliphatic carbocycles. The predicted octanol–water partition coefficient (Wildman–Crippen LogP) is 1.48. The van der Waals surface area contributed by atoms with Crippen LogP contribution in [0.2, 0.25) is 0 Å². The number of thiol groups is 1. The van der Waals surface area contributed by atoms with Gasteiger partial charge in [-0.15, -0.1) is 0 Å². The van der Waals surface area contributed by atoms with Crippen LogP contribution in [0.4, 0.5) is 0 Å². The van der Waals surface area contributed by atoms with E-state index in [-0.39, 0.29) is 0 Å². The average Bonchev–Trinajstić information content (AvgIpc) is 2.28. The van der Waals surface area contributed by atoms with Gasteiger partial charge < -0.3 is 5.73 Å². The predicted molar refractivity (Wildman–Crippen MR) is 74.8 cm³/mol. The molecule has 2 atom stereocenters. The SMILES string of the molecule is NC1(S)C=CC(c2ccccc2)=CC1S(=O)(=O)O. The highest BCUT2D eigenvalue weighted by atomic mass is 32.2. The van der Waals surface area contributed by atoms with Crippen LogP contribution < -0.4 is 5.73 Å². The molecule has 2 rings (SSSR count). The van der Waals surface area contributed by atoms with E-state index in [0.717, 1.165) is 5.56 Å². The summed E-state index contributed by atoms with van der Waals surface area (Å²) < 4.78 is 31.9. The Kier molecular flexibility index (Phi) is 3.37. The maximum atomic E-state index is 11.3. The van der Waals surface area contributed by atoms with E-state index in [0.29, 0.717) is 5.57 Å². The fraction of sp³-hybridized carbons (Fsp3) is 0.167. The lowest BCUT2D eigenvalue weighted by Gasteiger charge is -2.29. The highest BCUT2D eigenvalue weighted by Gasteiger charge is 2.39. The minimum Gasteiger partial charge on any atom is -0.312 e. The van der Waals surface area contributed by atoms with Crippen LogP contribution in [0, 0.1) is 0 Å². The molecule has 0 spiro atoms. The maximum Gasteiger partial charge on any atom is 0.274 e. The highest BCUT2D eigenvalue weighted by Crippen LogP contribution is 2.31. The Morgan fingerprint density at radius 2 is 1.89 bits per heavy atom. The van der Waals surface area contributed by atoms with Gasteiger partial charge in [0.1, 0.15) is 10.1 Å². The molecule has 0 heterocycles. The van der Waals surface area contributed by atoms with Crippen LogP contribution >= 0.6 is 12.6 Å². The van der Waals surface area contributed by atoms with E-state index >= 15 is 0 Å². The van der Waals surface area contributed by atoms with Gasteiger partial charge in [0.15, 0.2) is 0 Å². The van der Waals surface area contributed by atoms with Crippen molar-refractivity contribution in [3.8, 4) is 0 Å². The Hall–Kier alpha value is -1.08. The molecule has 18 heavy (non-hydrogen) atoms. The summed E-state index contributed by atoms with van der Waals surface area (Å²) in [6.45, 7) is 0. The van der Waals surface area contributed by atoms with E-state index in [1.807, 2.05) is 30.3 Å². The number of rotatable bonds is 2. The quantitative estimate of drug-likeness (QED) is 0.436. The molecule has 0 radical (unpaired) electrons. The molecule has 4 nitrogen and oxygen atoms in total. The van der Waals surface area contributed by atoms with E-state index in [9.17, 15) is 13.0 Å². The second-order valence-electron chi connectivity index (χ2n) is 4.14. The van der Waals surface area contributed by atoms with Crippen LogP contribution in [0.1, 0.15) is 5.56 Å². The Morgan fingerprint density at radius 3 is 2.44 bits per heavy atom. The van der Waals surface area contributed by atoms with Crippen molar-refractivity contribution in [3.63, 3.8) is 0 Å². The summed E-state index contributed by atoms with van der Waals surface area (Å²) in [5.74, 6) is 0. The lowest BCUT2D eigenvalue weighted by atomic mass is 9.97. The molecule has 0 aromatic heterocycles. The second-order valence-corrected chi connectivity index (χ2v) is 6.46. The number of benzene rings is 1. The third-order valence-corrected chi connectivity index (χ3v) is 4.51. The van der Waals surface area contributed by atoms with Gasteiger partial charge in [-0.05, 0) is 11.1 Å². The molecule has 0 saturated carbocycles. The number of allylic oxidation sites excluding steroid dienone is 2. The molecule has 0 fully saturated rings. The summed E-state index contributed by atoms with van der Waals surface area (Å²) in [6.07, 6.45) is 4.58. The first-order valence-electron chi connectivity index (χ1n) is 5.25. The topological polar surface area (TPSA) is 80.4 Å². The van der Waals surface area contributed by atoms with Crippen molar-refractivity contribution in [1.29, 1.82) is 0 Å². The molecule has 96 valence electrons. The molecule has 0 aliphatic heterocycles. The van der Waals surface area contributed by atoms with Gasteiger partial charge >= 0.3 is 0 Å². The minimum atomic E-state index is -4.30. The van der Waals surface area contributed by atoms with Crippen molar-refractivity contribution in [2.45, 2.75) is 10.1 Å². The van der Waals surface area contributed by atoms with Gasteiger partial charge in [-0.1, -0.05) is 48.6 Å². The molecule has 1 aromatic carbocycles. The first-order valence-corrected chi connectivity index (χ1v) is 7.20. The summed E-state index contributed by atoms with van der Waals surface area (Å²) in [6, 6.07) is 9.25. The van der Waals surface area contributed by atoms with Gasteiger partial charge in [0.2, 0.25) is 0 Å². The molecule has 3 N–H and O–H groups in total. The normalized spacial score (nSPS) is 27.9. The van der Waals surface area contributed by atoms with Gasteiger partial charge in [-0.25, -0.2) is 0 Å². The lowest BCUT2D eigenvalue weighted by Crippen LogP contribution is -2.48. The Bertz CT molecular complexity index is 603. The zero-order valence-corrected chi connectivity index (χ0v) is 11.1. The van der Waals surface area contributed by atoms with E-state index in [4.69, 9.17) is 5.73 Å². The van der Waals surface area contributed by atoms with Gasteiger partial charge in [0.25, 0.3) is 10.1 Å². The molecule has 0 amide bonds. The van der Waals surface area contributed by atoms with Gasteiger partial charge in [-0.3, -0.25) is 4.55 Å². The molecule has 2 unspecified atom stereocenters. The van der Waals surface area contributed by atoms with Crippen LogP contribution in [0.25, 0.3) is 5.57 Å². The fourth-order valence-corrected chi connectivity index (χ4v) is 3.24. The molecule has 1 aromatic rings. The Morgan fingerprint density at radius 1 is 1.28 bits per heavy atom. The molecule has 0 saturated heterocycles. The monoisotopic (exact) mass is 283 g/mol. The smallest absolute Gasteiger partial charge is 0.274 e. The molecule has 1 aliphatic rings. The lowest BCUT2D eigenvalue weighted by molar-refractivity contribution is 0.467. The summed E-state index contributed by atoms with van der Waals surface area (Å²) in [4.78, 5) is -1.41. The van der Waals surface area contributed by atoms with Gasteiger partial charge in [0, 0.05) is 0 Å². The van der Waals surface area contributed by atoms with E-state index in [2.05, 4.69) is 12.6 Å². The molecule has 6 heteroatoms. The maximum absolute atomic E-state index is 11.3. The summed E-state index contributed by atoms with van der Waals surface area (Å²) >= 11 is 4.07. The zero-order chi connectivity index (χ0) is 13.4. The van der Waals surface area contributed by atoms with E-state index in [1.165, 1.54) is 12.2 Å². The minimum absolute atomic E-state index is 0.688. The highest BCUT2D eigenvalue weighted by molar-refractivity contribution is 7.89. The summed E-state index contributed by atoms with van der Waals surface area (Å²) in [5.41, 5.74) is 7.28. The molecular weight excluding hydrogens is 270 g/mol. The van der Waals surface area contributed by atoms with Crippen molar-refractivity contribution in [3.05, 3.63) is 54.1 Å². The Labute approximate surface area is 111 Å². The van der Waals surface area contributed by atoms with E-state index in [1.54, 1.807) is 6.08 Å². The third kappa shape index (κ3) is 2.67. The third-order valence-electron chi connectivity index (χ3n) is 2.74. The first-order chi connectivity index (χ1) is 8.31. The van der Waals surface area contributed by atoms with Crippen molar-refractivity contribution in [2.75, 3.05) is 0 Å². The fourth-order valence-electron chi connectivity index (χ4n) is 1.82. The molecule has 0 bridgehead atoms. The number of nitrogens with two attached hydrogens (primary N) is 1. The Balaban J connectivity index is 2.48. The van der Waals surface area contributed by atoms with Crippen LogP contribution in [0.5, 0.6) is 0 Å².